The van der Waals surface area contributed by atoms with Gasteiger partial charge < -0.3 is 0 Å². The topological polar surface area (TPSA) is 17.1 Å². The smallest absolute Gasteiger partial charge is 0.290 e. The van der Waals surface area contributed by atoms with Crippen molar-refractivity contribution in [2.24, 2.45) is 0 Å². The summed E-state index contributed by atoms with van der Waals surface area (Å²) in [5, 5.41) is 0. The van der Waals surface area contributed by atoms with Gasteiger partial charge in [0.2, 0.25) is 5.78 Å². The maximum atomic E-state index is 11.6. The molecule has 0 spiro atoms. The van der Waals surface area contributed by atoms with Crippen molar-refractivity contribution in [3.8, 4) is 0 Å². The van der Waals surface area contributed by atoms with E-state index in [2.05, 4.69) is 15.9 Å². The van der Waals surface area contributed by atoms with Crippen LogP contribution in [0.5, 0.6) is 0 Å². The number of hydrogen-bond acceptors (Lipinski definition) is 1. The summed E-state index contributed by atoms with van der Waals surface area (Å²) < 4.78 is 34.8. The highest BCUT2D eigenvalue weighted by Crippen LogP contribution is 2.20. The van der Waals surface area contributed by atoms with Gasteiger partial charge in [-0.2, -0.15) is 13.2 Å². The van der Waals surface area contributed by atoms with E-state index in [0.717, 1.165) is 0 Å². The molecule has 0 radical (unpaired) electrons. The van der Waals surface area contributed by atoms with Gasteiger partial charge in [-0.05, 0) is 12.8 Å². The van der Waals surface area contributed by atoms with Crippen LogP contribution in [0.2, 0.25) is 0 Å². The Morgan fingerprint density at radius 2 is 2.00 bits per heavy atom. The number of carbonyl (C=O) groups excluding carboxylic acids is 1. The average molecular weight is 247 g/mol. The molecule has 0 N–H and O–H groups in total. The lowest BCUT2D eigenvalue weighted by Gasteiger charge is -2.05. The predicted octanol–water partition coefficient (Wildman–Crippen LogP) is 3.07. The zero-order valence-corrected chi connectivity index (χ0v) is 8.20. The monoisotopic (exact) mass is 246 g/mol. The molecule has 0 rings (SSSR count). The first-order valence-electron chi connectivity index (χ1n) is 3.58. The fourth-order valence-corrected chi connectivity index (χ4v) is 1.01. The summed E-state index contributed by atoms with van der Waals surface area (Å²) in [6.07, 6.45) is -4.19. The first kappa shape index (κ1) is 11.9. The highest BCUT2D eigenvalue weighted by molar-refractivity contribution is 9.09. The molecule has 0 saturated carbocycles. The Hall–Kier alpha value is -0.0600. The van der Waals surface area contributed by atoms with Gasteiger partial charge >= 0.3 is 6.18 Å². The van der Waals surface area contributed by atoms with Crippen LogP contribution in [-0.4, -0.2) is 16.8 Å². The summed E-state index contributed by atoms with van der Waals surface area (Å²) in [6.45, 7) is 1.83. The standard InChI is InChI=1S/C7H10BrF3O/c1-5(8)3-2-4-6(12)7(9,10)11/h5H,2-4H2,1H3. The van der Waals surface area contributed by atoms with Crippen molar-refractivity contribution in [3.05, 3.63) is 0 Å². The second-order valence-electron chi connectivity index (χ2n) is 2.59. The van der Waals surface area contributed by atoms with E-state index < -0.39 is 18.4 Å². The number of ketones is 1. The summed E-state index contributed by atoms with van der Waals surface area (Å²) in [7, 11) is 0. The molecule has 0 fully saturated rings. The second-order valence-corrected chi connectivity index (χ2v) is 4.16. The first-order chi connectivity index (χ1) is 5.34. The van der Waals surface area contributed by atoms with Gasteiger partial charge in [0.1, 0.15) is 0 Å². The number of Topliss-reactive ketones (excluding diaryl/α,β-unsaturated/α-hetero) is 1. The summed E-state index contributed by atoms with van der Waals surface area (Å²) in [4.78, 5) is 10.5. The lowest BCUT2D eigenvalue weighted by Crippen LogP contribution is -2.22. The van der Waals surface area contributed by atoms with Gasteiger partial charge in [0.15, 0.2) is 0 Å². The normalized spacial score (nSPS) is 14.4. The number of carbonyl (C=O) groups is 1. The number of alkyl halides is 4. The second kappa shape index (κ2) is 4.84. The molecule has 0 saturated heterocycles. The highest BCUT2D eigenvalue weighted by atomic mass is 79.9. The Balaban J connectivity index is 3.59. The SMILES string of the molecule is CC(Br)CCCC(=O)C(F)(F)F. The van der Waals surface area contributed by atoms with Crippen molar-refractivity contribution in [3.63, 3.8) is 0 Å². The Morgan fingerprint density at radius 3 is 2.33 bits per heavy atom. The largest absolute Gasteiger partial charge is 0.449 e. The molecule has 1 unspecified atom stereocenters. The Morgan fingerprint density at radius 1 is 1.50 bits per heavy atom. The molecule has 0 amide bonds. The average Bonchev–Trinajstić information content (AvgIpc) is 1.84. The van der Waals surface area contributed by atoms with E-state index in [0.29, 0.717) is 6.42 Å². The van der Waals surface area contributed by atoms with E-state index >= 15 is 0 Å². The molecule has 0 aliphatic heterocycles. The first-order valence-corrected chi connectivity index (χ1v) is 4.49. The van der Waals surface area contributed by atoms with Gasteiger partial charge in [-0.3, -0.25) is 4.79 Å². The fraction of sp³-hybridized carbons (Fsp3) is 0.857. The van der Waals surface area contributed by atoms with Crippen LogP contribution in [0.4, 0.5) is 13.2 Å². The minimum atomic E-state index is -4.66. The third kappa shape index (κ3) is 5.57. The van der Waals surface area contributed by atoms with Gasteiger partial charge in [-0.1, -0.05) is 22.9 Å². The summed E-state index contributed by atoms with van der Waals surface area (Å²) >= 11 is 3.18. The maximum Gasteiger partial charge on any atom is 0.449 e. The molecular formula is C7H10BrF3O. The molecule has 12 heavy (non-hydrogen) atoms. The van der Waals surface area contributed by atoms with E-state index in [1.165, 1.54) is 0 Å². The van der Waals surface area contributed by atoms with Crippen LogP contribution in [0.1, 0.15) is 26.2 Å². The van der Waals surface area contributed by atoms with E-state index in [1.54, 1.807) is 0 Å². The summed E-state index contributed by atoms with van der Waals surface area (Å²) in [5.74, 6) is -1.63. The number of halogens is 4. The molecule has 0 aromatic carbocycles. The van der Waals surface area contributed by atoms with Crippen molar-refractivity contribution in [2.75, 3.05) is 0 Å². The minimum absolute atomic E-state index is 0.165. The quantitative estimate of drug-likeness (QED) is 0.697. The van der Waals surface area contributed by atoms with E-state index in [9.17, 15) is 18.0 Å². The lowest BCUT2D eigenvalue weighted by atomic mass is 10.1. The Kier molecular flexibility index (Phi) is 4.82. The van der Waals surface area contributed by atoms with Gasteiger partial charge in [0, 0.05) is 11.2 Å². The van der Waals surface area contributed by atoms with E-state index in [1.807, 2.05) is 6.92 Å². The fourth-order valence-electron chi connectivity index (χ4n) is 0.686. The molecule has 0 aromatic rings. The molecule has 1 atom stereocenters. The minimum Gasteiger partial charge on any atom is -0.290 e. The third-order valence-electron chi connectivity index (χ3n) is 1.32. The van der Waals surface area contributed by atoms with E-state index in [-0.39, 0.29) is 11.2 Å². The maximum absolute atomic E-state index is 11.6. The predicted molar refractivity (Wildman–Crippen MR) is 43.3 cm³/mol. The van der Waals surface area contributed by atoms with Gasteiger partial charge in [-0.15, -0.1) is 0 Å². The van der Waals surface area contributed by atoms with Crippen LogP contribution < -0.4 is 0 Å². The zero-order chi connectivity index (χ0) is 9.78. The van der Waals surface area contributed by atoms with Crippen LogP contribution in [0.3, 0.4) is 0 Å². The molecule has 0 aliphatic carbocycles. The number of hydrogen-bond donors (Lipinski definition) is 0. The van der Waals surface area contributed by atoms with Crippen LogP contribution in [0.15, 0.2) is 0 Å². The molecule has 0 aliphatic rings. The van der Waals surface area contributed by atoms with Gasteiger partial charge in [0.05, 0.1) is 0 Å². The van der Waals surface area contributed by atoms with Crippen molar-refractivity contribution in [1.82, 2.24) is 0 Å². The van der Waals surface area contributed by atoms with E-state index in [4.69, 9.17) is 0 Å². The molecule has 0 heterocycles. The Bertz CT molecular complexity index is 153. The van der Waals surface area contributed by atoms with Crippen molar-refractivity contribution < 1.29 is 18.0 Å². The molecule has 0 bridgehead atoms. The van der Waals surface area contributed by atoms with Crippen molar-refractivity contribution >= 4 is 21.7 Å². The molecular weight excluding hydrogens is 237 g/mol. The lowest BCUT2D eigenvalue weighted by molar-refractivity contribution is -0.171. The summed E-state index contributed by atoms with van der Waals surface area (Å²) in [6, 6.07) is 0. The van der Waals surface area contributed by atoms with Crippen LogP contribution >= 0.6 is 15.9 Å². The molecule has 72 valence electrons. The van der Waals surface area contributed by atoms with Crippen LogP contribution in [-0.2, 0) is 4.79 Å². The molecule has 0 aromatic heterocycles. The molecule has 1 nitrogen and oxygen atoms in total. The van der Waals surface area contributed by atoms with Crippen LogP contribution in [0.25, 0.3) is 0 Å². The number of rotatable bonds is 4. The highest BCUT2D eigenvalue weighted by Gasteiger charge is 2.37. The van der Waals surface area contributed by atoms with Crippen LogP contribution in [0, 0.1) is 0 Å². The van der Waals surface area contributed by atoms with Gasteiger partial charge in [-0.25, -0.2) is 0 Å². The Labute approximate surface area is 77.5 Å². The molecule has 5 heteroatoms. The van der Waals surface area contributed by atoms with Crippen molar-refractivity contribution in [2.45, 2.75) is 37.2 Å². The summed E-state index contributed by atoms with van der Waals surface area (Å²) in [5.41, 5.74) is 0. The van der Waals surface area contributed by atoms with Gasteiger partial charge in [0.25, 0.3) is 0 Å². The zero-order valence-electron chi connectivity index (χ0n) is 6.62. The third-order valence-corrected chi connectivity index (χ3v) is 1.78. The van der Waals surface area contributed by atoms with Crippen molar-refractivity contribution in [1.29, 1.82) is 0 Å².